The van der Waals surface area contributed by atoms with Crippen molar-refractivity contribution in [2.24, 2.45) is 0 Å². The van der Waals surface area contributed by atoms with Crippen LogP contribution < -0.4 is 4.74 Å². The lowest BCUT2D eigenvalue weighted by atomic mass is 9.94. The molecule has 2 heteroatoms. The summed E-state index contributed by atoms with van der Waals surface area (Å²) >= 11 is 0. The van der Waals surface area contributed by atoms with E-state index >= 15 is 0 Å². The molecular formula is C20H25FO. The second-order valence-corrected chi connectivity index (χ2v) is 6.39. The molecule has 0 atom stereocenters. The van der Waals surface area contributed by atoms with Crippen LogP contribution in [0.2, 0.25) is 0 Å². The standard InChI is InChI=1S/C20H25FO/c1-7-16-12-17(9-8-13(16)2)18-10-15(4)19(11-14(18)3)22-20(5,6)21/h8-12H,7H2,1-6H3. The molecule has 22 heavy (non-hydrogen) atoms. The molecule has 0 saturated heterocycles. The van der Waals surface area contributed by atoms with Crippen molar-refractivity contribution in [3.8, 4) is 16.9 Å². The van der Waals surface area contributed by atoms with Gasteiger partial charge >= 0.3 is 0 Å². The maximum Gasteiger partial charge on any atom is 0.242 e. The van der Waals surface area contributed by atoms with Crippen LogP contribution in [0.15, 0.2) is 30.3 Å². The Labute approximate surface area is 133 Å². The molecule has 0 N–H and O–H groups in total. The normalized spacial score (nSPS) is 11.6. The highest BCUT2D eigenvalue weighted by molar-refractivity contribution is 5.70. The predicted molar refractivity (Wildman–Crippen MR) is 91.3 cm³/mol. The van der Waals surface area contributed by atoms with Crippen molar-refractivity contribution in [1.29, 1.82) is 0 Å². The summed E-state index contributed by atoms with van der Waals surface area (Å²) in [5.74, 6) is -1.06. The zero-order chi connectivity index (χ0) is 16.5. The number of hydrogen-bond donors (Lipinski definition) is 0. The van der Waals surface area contributed by atoms with E-state index in [0.717, 1.165) is 17.5 Å². The van der Waals surface area contributed by atoms with Crippen LogP contribution in [0.1, 0.15) is 43.0 Å². The Morgan fingerprint density at radius 1 is 0.955 bits per heavy atom. The molecule has 2 rings (SSSR count). The summed E-state index contributed by atoms with van der Waals surface area (Å²) < 4.78 is 19.1. The first-order chi connectivity index (χ1) is 10.2. The van der Waals surface area contributed by atoms with E-state index in [0.29, 0.717) is 5.75 Å². The molecule has 0 aliphatic carbocycles. The Kier molecular flexibility index (Phi) is 4.60. The van der Waals surface area contributed by atoms with Crippen LogP contribution >= 0.6 is 0 Å². The molecule has 0 aromatic heterocycles. The molecule has 1 nitrogen and oxygen atoms in total. The number of hydrogen-bond acceptors (Lipinski definition) is 1. The summed E-state index contributed by atoms with van der Waals surface area (Å²) in [6, 6.07) is 10.6. The van der Waals surface area contributed by atoms with E-state index in [-0.39, 0.29) is 0 Å². The summed E-state index contributed by atoms with van der Waals surface area (Å²) in [5, 5.41) is 0. The Bertz CT molecular complexity index is 681. The maximum atomic E-state index is 13.7. The SMILES string of the molecule is CCc1cc(-c2cc(C)c(OC(C)(C)F)cc2C)ccc1C. The van der Waals surface area contributed by atoms with Crippen molar-refractivity contribution in [2.75, 3.05) is 0 Å². The monoisotopic (exact) mass is 300 g/mol. The molecule has 0 aliphatic heterocycles. The van der Waals surface area contributed by atoms with Gasteiger partial charge in [0.1, 0.15) is 5.75 Å². The quantitative estimate of drug-likeness (QED) is 0.680. The first-order valence-electron chi connectivity index (χ1n) is 7.80. The number of benzene rings is 2. The van der Waals surface area contributed by atoms with Crippen molar-refractivity contribution >= 4 is 0 Å². The molecule has 118 valence electrons. The lowest BCUT2D eigenvalue weighted by molar-refractivity contribution is -0.0262. The zero-order valence-corrected chi connectivity index (χ0v) is 14.4. The number of rotatable bonds is 4. The molecule has 0 unspecified atom stereocenters. The van der Waals surface area contributed by atoms with E-state index in [4.69, 9.17) is 4.74 Å². The fraction of sp³-hybridized carbons (Fsp3) is 0.400. The molecule has 0 saturated carbocycles. The van der Waals surface area contributed by atoms with Crippen LogP contribution in [0.3, 0.4) is 0 Å². The summed E-state index contributed by atoms with van der Waals surface area (Å²) in [6.45, 7) is 11.1. The van der Waals surface area contributed by atoms with Crippen molar-refractivity contribution in [3.63, 3.8) is 0 Å². The Morgan fingerprint density at radius 3 is 2.23 bits per heavy atom. The summed E-state index contributed by atoms with van der Waals surface area (Å²) in [5.41, 5.74) is 7.10. The lowest BCUT2D eigenvalue weighted by Gasteiger charge is -2.20. The molecule has 0 fully saturated rings. The van der Waals surface area contributed by atoms with Gasteiger partial charge in [0.25, 0.3) is 0 Å². The second-order valence-electron chi connectivity index (χ2n) is 6.39. The Hall–Kier alpha value is -1.83. The molecular weight excluding hydrogens is 275 g/mol. The Balaban J connectivity index is 2.47. The van der Waals surface area contributed by atoms with Gasteiger partial charge in [0.15, 0.2) is 0 Å². The van der Waals surface area contributed by atoms with E-state index in [9.17, 15) is 4.39 Å². The molecule has 0 amide bonds. The molecule has 0 radical (unpaired) electrons. The van der Waals surface area contributed by atoms with Gasteiger partial charge in [0.05, 0.1) is 0 Å². The second kappa shape index (κ2) is 6.12. The molecule has 2 aromatic rings. The van der Waals surface area contributed by atoms with Crippen molar-refractivity contribution in [2.45, 2.75) is 53.8 Å². The number of halogens is 1. The smallest absolute Gasteiger partial charge is 0.242 e. The third kappa shape index (κ3) is 3.68. The topological polar surface area (TPSA) is 9.23 Å². The fourth-order valence-corrected chi connectivity index (χ4v) is 2.69. The predicted octanol–water partition coefficient (Wildman–Crippen LogP) is 5.93. The summed E-state index contributed by atoms with van der Waals surface area (Å²) in [4.78, 5) is 0. The minimum atomic E-state index is -1.67. The average molecular weight is 300 g/mol. The molecule has 0 spiro atoms. The largest absolute Gasteiger partial charge is 0.458 e. The van der Waals surface area contributed by atoms with Crippen LogP contribution in [0.25, 0.3) is 11.1 Å². The van der Waals surface area contributed by atoms with E-state index in [1.807, 2.05) is 19.9 Å². The molecule has 2 aromatic carbocycles. The first kappa shape index (κ1) is 16.5. The lowest BCUT2D eigenvalue weighted by Crippen LogP contribution is -2.21. The van der Waals surface area contributed by atoms with E-state index in [1.165, 1.54) is 36.1 Å². The third-order valence-corrected chi connectivity index (χ3v) is 3.92. The summed E-state index contributed by atoms with van der Waals surface area (Å²) in [7, 11) is 0. The van der Waals surface area contributed by atoms with Gasteiger partial charge in [-0.2, -0.15) is 4.39 Å². The van der Waals surface area contributed by atoms with Gasteiger partial charge in [-0.25, -0.2) is 0 Å². The van der Waals surface area contributed by atoms with Crippen molar-refractivity contribution < 1.29 is 9.13 Å². The van der Waals surface area contributed by atoms with Gasteiger partial charge in [-0.1, -0.05) is 25.1 Å². The first-order valence-corrected chi connectivity index (χ1v) is 7.80. The summed E-state index contributed by atoms with van der Waals surface area (Å²) in [6.07, 6.45) is 1.02. The van der Waals surface area contributed by atoms with Gasteiger partial charge in [0.2, 0.25) is 5.85 Å². The van der Waals surface area contributed by atoms with E-state index < -0.39 is 5.85 Å². The van der Waals surface area contributed by atoms with Gasteiger partial charge in [0, 0.05) is 13.8 Å². The minimum absolute atomic E-state index is 0.608. The third-order valence-electron chi connectivity index (χ3n) is 3.92. The van der Waals surface area contributed by atoms with Gasteiger partial charge in [-0.15, -0.1) is 0 Å². The van der Waals surface area contributed by atoms with Gasteiger partial charge in [-0.3, -0.25) is 0 Å². The molecule has 0 heterocycles. The zero-order valence-electron chi connectivity index (χ0n) is 14.4. The van der Waals surface area contributed by atoms with Crippen molar-refractivity contribution in [3.05, 3.63) is 52.6 Å². The van der Waals surface area contributed by atoms with Crippen LogP contribution in [-0.2, 0) is 6.42 Å². The fourth-order valence-electron chi connectivity index (χ4n) is 2.69. The highest BCUT2D eigenvalue weighted by atomic mass is 19.2. The van der Waals surface area contributed by atoms with Gasteiger partial charge in [-0.05, 0) is 72.7 Å². The van der Waals surface area contributed by atoms with Crippen LogP contribution in [0, 0.1) is 20.8 Å². The number of ether oxygens (including phenoxy) is 1. The number of aryl methyl sites for hydroxylation is 4. The van der Waals surface area contributed by atoms with E-state index in [1.54, 1.807) is 0 Å². The highest BCUT2D eigenvalue weighted by Gasteiger charge is 2.19. The highest BCUT2D eigenvalue weighted by Crippen LogP contribution is 2.33. The van der Waals surface area contributed by atoms with E-state index in [2.05, 4.69) is 38.1 Å². The molecule has 0 bridgehead atoms. The minimum Gasteiger partial charge on any atom is -0.458 e. The maximum absolute atomic E-state index is 13.7. The van der Waals surface area contributed by atoms with Crippen molar-refractivity contribution in [1.82, 2.24) is 0 Å². The van der Waals surface area contributed by atoms with Crippen LogP contribution in [0.4, 0.5) is 4.39 Å². The molecule has 0 aliphatic rings. The van der Waals surface area contributed by atoms with Gasteiger partial charge < -0.3 is 4.74 Å². The van der Waals surface area contributed by atoms with Crippen LogP contribution in [-0.4, -0.2) is 5.85 Å². The Morgan fingerprint density at radius 2 is 1.64 bits per heavy atom. The average Bonchev–Trinajstić information content (AvgIpc) is 2.42. The number of alkyl halides is 1. The van der Waals surface area contributed by atoms with Crippen LogP contribution in [0.5, 0.6) is 5.75 Å².